The summed E-state index contributed by atoms with van der Waals surface area (Å²) in [5, 5.41) is 0. The predicted molar refractivity (Wildman–Crippen MR) is 49.2 cm³/mol. The molecule has 1 amide bonds. The number of amides is 1. The summed E-state index contributed by atoms with van der Waals surface area (Å²) < 4.78 is 25.6. The zero-order chi connectivity index (χ0) is 10.6. The van der Waals surface area contributed by atoms with Gasteiger partial charge in [-0.3, -0.25) is 4.79 Å². The molecule has 0 bridgehead atoms. The van der Waals surface area contributed by atoms with E-state index in [1.54, 1.807) is 0 Å². The van der Waals surface area contributed by atoms with E-state index in [-0.39, 0.29) is 12.0 Å². The van der Waals surface area contributed by atoms with Crippen LogP contribution in [0.5, 0.6) is 0 Å². The number of hydrogen-bond acceptors (Lipinski definition) is 1. The summed E-state index contributed by atoms with van der Waals surface area (Å²) in [6, 6.07) is 3.10. The normalized spacial score (nSPS) is 10.7. The Balaban J connectivity index is 2.80. The number of halogens is 2. The first kappa shape index (κ1) is 10.4. The van der Waals surface area contributed by atoms with Gasteiger partial charge in [0.15, 0.2) is 0 Å². The Hall–Kier alpha value is -1.71. The lowest BCUT2D eigenvalue weighted by Gasteiger charge is -1.96. The highest BCUT2D eigenvalue weighted by molar-refractivity contribution is 5.76. The van der Waals surface area contributed by atoms with Gasteiger partial charge in [0.25, 0.3) is 0 Å². The number of hydrogen-bond donors (Lipinski definition) is 1. The van der Waals surface area contributed by atoms with Gasteiger partial charge in [0.1, 0.15) is 11.6 Å². The minimum absolute atomic E-state index is 0.00987. The van der Waals surface area contributed by atoms with Crippen molar-refractivity contribution in [2.24, 2.45) is 5.73 Å². The third kappa shape index (κ3) is 2.97. The number of primary amides is 1. The van der Waals surface area contributed by atoms with Gasteiger partial charge in [-0.1, -0.05) is 12.2 Å². The van der Waals surface area contributed by atoms with Crippen LogP contribution in [0.4, 0.5) is 8.78 Å². The molecule has 1 rings (SSSR count). The summed E-state index contributed by atoms with van der Waals surface area (Å²) in [7, 11) is 0. The predicted octanol–water partition coefficient (Wildman–Crippen LogP) is 1.85. The molecule has 0 fully saturated rings. The van der Waals surface area contributed by atoms with Crippen molar-refractivity contribution in [2.75, 3.05) is 0 Å². The fraction of sp³-hybridized carbons (Fsp3) is 0.100. The van der Waals surface area contributed by atoms with Crippen molar-refractivity contribution in [3.63, 3.8) is 0 Å². The van der Waals surface area contributed by atoms with Crippen LogP contribution in [-0.2, 0) is 4.79 Å². The van der Waals surface area contributed by atoms with Crippen molar-refractivity contribution in [1.29, 1.82) is 0 Å². The van der Waals surface area contributed by atoms with Crippen molar-refractivity contribution in [3.8, 4) is 0 Å². The van der Waals surface area contributed by atoms with E-state index in [0.717, 1.165) is 18.2 Å². The summed E-state index contributed by atoms with van der Waals surface area (Å²) in [6.45, 7) is 0. The highest BCUT2D eigenvalue weighted by Gasteiger charge is 1.99. The molecule has 0 unspecified atom stereocenters. The zero-order valence-corrected chi connectivity index (χ0v) is 7.34. The molecular formula is C10H9F2NO. The highest BCUT2D eigenvalue weighted by Crippen LogP contribution is 2.11. The van der Waals surface area contributed by atoms with Crippen LogP contribution >= 0.6 is 0 Å². The number of benzene rings is 1. The van der Waals surface area contributed by atoms with Crippen LogP contribution < -0.4 is 5.73 Å². The standard InChI is InChI=1S/C10H9F2NO/c11-8-4-5-9(12)7(6-8)2-1-3-10(13)14/h1-2,4-6H,3H2,(H2,13,14). The summed E-state index contributed by atoms with van der Waals surface area (Å²) in [5.74, 6) is -1.57. The van der Waals surface area contributed by atoms with Gasteiger partial charge in [-0.25, -0.2) is 8.78 Å². The molecule has 0 spiro atoms. The number of nitrogens with two attached hydrogens (primary N) is 1. The number of carbonyl (C=O) groups is 1. The molecule has 1 aromatic rings. The first-order chi connectivity index (χ1) is 6.59. The van der Waals surface area contributed by atoms with Crippen LogP contribution in [-0.4, -0.2) is 5.91 Å². The Morgan fingerprint density at radius 1 is 1.43 bits per heavy atom. The van der Waals surface area contributed by atoms with E-state index in [4.69, 9.17) is 5.73 Å². The zero-order valence-electron chi connectivity index (χ0n) is 7.34. The maximum absolute atomic E-state index is 13.0. The molecule has 0 radical (unpaired) electrons. The fourth-order valence-corrected chi connectivity index (χ4v) is 0.944. The Morgan fingerprint density at radius 2 is 2.14 bits per heavy atom. The molecule has 0 aromatic heterocycles. The van der Waals surface area contributed by atoms with E-state index < -0.39 is 17.5 Å². The van der Waals surface area contributed by atoms with Gasteiger partial charge >= 0.3 is 0 Å². The lowest BCUT2D eigenvalue weighted by Crippen LogP contribution is -2.07. The third-order valence-corrected chi connectivity index (χ3v) is 1.57. The second-order valence-electron chi connectivity index (χ2n) is 2.74. The Morgan fingerprint density at radius 3 is 2.79 bits per heavy atom. The second kappa shape index (κ2) is 4.50. The van der Waals surface area contributed by atoms with Crippen molar-refractivity contribution in [2.45, 2.75) is 6.42 Å². The van der Waals surface area contributed by atoms with Crippen molar-refractivity contribution >= 4 is 12.0 Å². The molecule has 0 saturated heterocycles. The second-order valence-corrected chi connectivity index (χ2v) is 2.74. The van der Waals surface area contributed by atoms with Crippen LogP contribution in [0, 0.1) is 11.6 Å². The molecule has 0 heterocycles. The molecule has 0 aliphatic heterocycles. The minimum Gasteiger partial charge on any atom is -0.369 e. The Bertz CT molecular complexity index is 374. The molecular weight excluding hydrogens is 188 g/mol. The first-order valence-electron chi connectivity index (χ1n) is 3.99. The van der Waals surface area contributed by atoms with Gasteiger partial charge in [0.2, 0.25) is 5.91 Å². The smallest absolute Gasteiger partial charge is 0.221 e. The molecule has 2 nitrogen and oxygen atoms in total. The van der Waals surface area contributed by atoms with Gasteiger partial charge < -0.3 is 5.73 Å². The van der Waals surface area contributed by atoms with Gasteiger partial charge in [-0.05, 0) is 18.2 Å². The van der Waals surface area contributed by atoms with E-state index in [1.165, 1.54) is 12.2 Å². The molecule has 0 aliphatic rings. The molecule has 0 saturated carbocycles. The Labute approximate surface area is 80.0 Å². The van der Waals surface area contributed by atoms with Crippen LogP contribution in [0.15, 0.2) is 24.3 Å². The SMILES string of the molecule is NC(=O)CC=Cc1cc(F)ccc1F. The fourth-order valence-electron chi connectivity index (χ4n) is 0.944. The largest absolute Gasteiger partial charge is 0.369 e. The minimum atomic E-state index is -0.535. The molecule has 74 valence electrons. The third-order valence-electron chi connectivity index (χ3n) is 1.57. The molecule has 4 heteroatoms. The maximum Gasteiger partial charge on any atom is 0.221 e. The monoisotopic (exact) mass is 197 g/mol. The molecule has 2 N–H and O–H groups in total. The molecule has 0 aliphatic carbocycles. The lowest BCUT2D eigenvalue weighted by atomic mass is 10.2. The van der Waals surface area contributed by atoms with Gasteiger partial charge in [0.05, 0.1) is 0 Å². The van der Waals surface area contributed by atoms with Crippen LogP contribution in [0.2, 0.25) is 0 Å². The van der Waals surface area contributed by atoms with Crippen LogP contribution in [0.1, 0.15) is 12.0 Å². The summed E-state index contributed by atoms with van der Waals surface area (Å²) in [6.07, 6.45) is 2.72. The first-order valence-corrected chi connectivity index (χ1v) is 3.99. The number of rotatable bonds is 3. The molecule has 14 heavy (non-hydrogen) atoms. The maximum atomic E-state index is 13.0. The van der Waals surface area contributed by atoms with Gasteiger partial charge in [-0.15, -0.1) is 0 Å². The van der Waals surface area contributed by atoms with E-state index in [9.17, 15) is 13.6 Å². The quantitative estimate of drug-likeness (QED) is 0.789. The van der Waals surface area contributed by atoms with E-state index in [2.05, 4.69) is 0 Å². The average molecular weight is 197 g/mol. The van der Waals surface area contributed by atoms with Crippen molar-refractivity contribution in [1.82, 2.24) is 0 Å². The van der Waals surface area contributed by atoms with Crippen molar-refractivity contribution in [3.05, 3.63) is 41.5 Å². The Kier molecular flexibility index (Phi) is 3.34. The lowest BCUT2D eigenvalue weighted by molar-refractivity contribution is -0.117. The summed E-state index contributed by atoms with van der Waals surface area (Å²) in [4.78, 5) is 10.3. The van der Waals surface area contributed by atoms with Gasteiger partial charge in [-0.2, -0.15) is 0 Å². The van der Waals surface area contributed by atoms with E-state index in [1.807, 2.05) is 0 Å². The van der Waals surface area contributed by atoms with Gasteiger partial charge in [0, 0.05) is 12.0 Å². The number of carbonyl (C=O) groups excluding carboxylic acids is 1. The average Bonchev–Trinajstić information content (AvgIpc) is 2.10. The topological polar surface area (TPSA) is 43.1 Å². The summed E-state index contributed by atoms with van der Waals surface area (Å²) >= 11 is 0. The van der Waals surface area contributed by atoms with Crippen LogP contribution in [0.3, 0.4) is 0 Å². The summed E-state index contributed by atoms with van der Waals surface area (Å²) in [5.41, 5.74) is 4.97. The molecule has 1 aromatic carbocycles. The van der Waals surface area contributed by atoms with E-state index in [0.29, 0.717) is 0 Å². The highest BCUT2D eigenvalue weighted by atomic mass is 19.1. The van der Waals surface area contributed by atoms with E-state index >= 15 is 0 Å². The molecule has 0 atom stereocenters. The van der Waals surface area contributed by atoms with Crippen molar-refractivity contribution < 1.29 is 13.6 Å². The van der Waals surface area contributed by atoms with Crippen LogP contribution in [0.25, 0.3) is 6.08 Å².